The van der Waals surface area contributed by atoms with Gasteiger partial charge in [-0.1, -0.05) is 6.07 Å². The molecule has 0 bridgehead atoms. The van der Waals surface area contributed by atoms with Crippen LogP contribution >= 0.6 is 15.9 Å². The van der Waals surface area contributed by atoms with E-state index in [-0.39, 0.29) is 10.0 Å². The van der Waals surface area contributed by atoms with E-state index in [1.165, 1.54) is 6.07 Å². The number of carbonyl (C=O) groups is 1. The van der Waals surface area contributed by atoms with E-state index in [9.17, 15) is 9.18 Å². The summed E-state index contributed by atoms with van der Waals surface area (Å²) in [7, 11) is 0. The zero-order valence-electron chi connectivity index (χ0n) is 9.73. The molecule has 0 fully saturated rings. The number of carbonyl (C=O) groups excluding carboxylic acids is 1. The van der Waals surface area contributed by atoms with E-state index in [0.717, 1.165) is 0 Å². The van der Waals surface area contributed by atoms with E-state index in [2.05, 4.69) is 15.9 Å². The van der Waals surface area contributed by atoms with Gasteiger partial charge in [0.05, 0.1) is 10.0 Å². The molecule has 0 unspecified atom stereocenters. The molecule has 0 amide bonds. The smallest absolute Gasteiger partial charge is 0.340 e. The summed E-state index contributed by atoms with van der Waals surface area (Å²) < 4.78 is 18.7. The second-order valence-corrected chi connectivity index (χ2v) is 5.35. The Morgan fingerprint density at radius 1 is 1.38 bits per heavy atom. The molecule has 1 aromatic rings. The summed E-state index contributed by atoms with van der Waals surface area (Å²) in [5.41, 5.74) is 0.340. The van der Waals surface area contributed by atoms with Gasteiger partial charge in [0.25, 0.3) is 0 Å². The van der Waals surface area contributed by atoms with Gasteiger partial charge >= 0.3 is 5.97 Å². The zero-order valence-corrected chi connectivity index (χ0v) is 11.3. The lowest BCUT2D eigenvalue weighted by Gasteiger charge is -2.20. The number of halogens is 2. The average molecular weight is 289 g/mol. The van der Waals surface area contributed by atoms with Gasteiger partial charge in [0.15, 0.2) is 0 Å². The quantitative estimate of drug-likeness (QED) is 0.734. The van der Waals surface area contributed by atoms with Crippen molar-refractivity contribution in [3.8, 4) is 0 Å². The molecule has 16 heavy (non-hydrogen) atoms. The molecule has 0 radical (unpaired) electrons. The van der Waals surface area contributed by atoms with E-state index in [4.69, 9.17) is 4.74 Å². The Labute approximate surface area is 103 Å². The minimum absolute atomic E-state index is 0.154. The Morgan fingerprint density at radius 2 is 1.94 bits per heavy atom. The molecule has 0 heterocycles. The summed E-state index contributed by atoms with van der Waals surface area (Å²) in [6.07, 6.45) is 0. The van der Waals surface area contributed by atoms with Gasteiger partial charge in [-0.15, -0.1) is 0 Å². The second kappa shape index (κ2) is 4.53. The predicted molar refractivity (Wildman–Crippen MR) is 64.0 cm³/mol. The van der Waals surface area contributed by atoms with E-state index in [0.29, 0.717) is 5.56 Å². The number of benzene rings is 1. The molecule has 0 spiro atoms. The van der Waals surface area contributed by atoms with E-state index < -0.39 is 17.4 Å². The van der Waals surface area contributed by atoms with Crippen molar-refractivity contribution >= 4 is 21.9 Å². The maximum absolute atomic E-state index is 13.3. The monoisotopic (exact) mass is 288 g/mol. The molecule has 1 aromatic carbocycles. The molecule has 2 nitrogen and oxygen atoms in total. The molecule has 0 aliphatic rings. The first kappa shape index (κ1) is 13.2. The third-order valence-corrected chi connectivity index (χ3v) is 2.68. The van der Waals surface area contributed by atoms with Gasteiger partial charge in [0.1, 0.15) is 11.4 Å². The van der Waals surface area contributed by atoms with Gasteiger partial charge in [-0.3, -0.25) is 0 Å². The van der Waals surface area contributed by atoms with Gasteiger partial charge in [-0.2, -0.15) is 0 Å². The van der Waals surface area contributed by atoms with Crippen LogP contribution in [0.3, 0.4) is 0 Å². The Morgan fingerprint density at radius 3 is 2.44 bits per heavy atom. The molecule has 0 saturated heterocycles. The zero-order chi connectivity index (χ0) is 12.5. The average Bonchev–Trinajstić information content (AvgIpc) is 2.09. The van der Waals surface area contributed by atoms with Crippen LogP contribution in [0.4, 0.5) is 4.39 Å². The van der Waals surface area contributed by atoms with Gasteiger partial charge in [-0.05, 0) is 55.3 Å². The minimum atomic E-state index is -0.588. The molecular formula is C12H14BrFO2. The topological polar surface area (TPSA) is 26.3 Å². The number of rotatable bonds is 1. The highest BCUT2D eigenvalue weighted by molar-refractivity contribution is 9.10. The lowest BCUT2D eigenvalue weighted by Crippen LogP contribution is -2.24. The highest BCUT2D eigenvalue weighted by atomic mass is 79.9. The first-order chi connectivity index (χ1) is 7.22. The van der Waals surface area contributed by atoms with Crippen LogP contribution in [0.25, 0.3) is 0 Å². The first-order valence-electron chi connectivity index (χ1n) is 4.90. The van der Waals surface area contributed by atoms with Crippen LogP contribution in [-0.2, 0) is 4.74 Å². The number of aryl methyl sites for hydroxylation is 1. The van der Waals surface area contributed by atoms with Crippen molar-refractivity contribution in [1.29, 1.82) is 0 Å². The van der Waals surface area contributed by atoms with Crippen LogP contribution in [-0.4, -0.2) is 11.6 Å². The van der Waals surface area contributed by atoms with Crippen LogP contribution < -0.4 is 0 Å². The fourth-order valence-corrected chi connectivity index (χ4v) is 1.83. The lowest BCUT2D eigenvalue weighted by atomic mass is 10.1. The molecule has 0 saturated carbocycles. The van der Waals surface area contributed by atoms with Crippen LogP contribution in [0.1, 0.15) is 36.7 Å². The largest absolute Gasteiger partial charge is 0.456 e. The molecule has 0 atom stereocenters. The Kier molecular flexibility index (Phi) is 3.73. The summed E-state index contributed by atoms with van der Waals surface area (Å²) in [6.45, 7) is 7.05. The van der Waals surface area contributed by atoms with Crippen molar-refractivity contribution in [3.05, 3.63) is 33.5 Å². The maximum Gasteiger partial charge on any atom is 0.340 e. The number of hydrogen-bond acceptors (Lipinski definition) is 2. The number of hydrogen-bond donors (Lipinski definition) is 0. The van der Waals surface area contributed by atoms with Crippen LogP contribution in [0.2, 0.25) is 0 Å². The van der Waals surface area contributed by atoms with Crippen molar-refractivity contribution in [2.24, 2.45) is 0 Å². The molecule has 0 aromatic heterocycles. The van der Waals surface area contributed by atoms with Gasteiger partial charge < -0.3 is 4.74 Å². The number of ether oxygens (including phenoxy) is 1. The normalized spacial score (nSPS) is 11.4. The highest BCUT2D eigenvalue weighted by Crippen LogP contribution is 2.26. The standard InChI is InChI=1S/C12H14BrFO2/c1-7-5-6-8(14)10(13)9(7)11(15)16-12(2,3)4/h5-6H,1-4H3. The fourth-order valence-electron chi connectivity index (χ4n) is 1.23. The van der Waals surface area contributed by atoms with Gasteiger partial charge in [-0.25, -0.2) is 9.18 Å². The van der Waals surface area contributed by atoms with E-state index in [1.54, 1.807) is 33.8 Å². The van der Waals surface area contributed by atoms with Crippen molar-refractivity contribution < 1.29 is 13.9 Å². The van der Waals surface area contributed by atoms with Crippen molar-refractivity contribution in [2.45, 2.75) is 33.3 Å². The van der Waals surface area contributed by atoms with Crippen LogP contribution in [0, 0.1) is 12.7 Å². The SMILES string of the molecule is Cc1ccc(F)c(Br)c1C(=O)OC(C)(C)C. The van der Waals surface area contributed by atoms with Crippen LogP contribution in [0.5, 0.6) is 0 Å². The minimum Gasteiger partial charge on any atom is -0.456 e. The Balaban J connectivity index is 3.14. The second-order valence-electron chi connectivity index (χ2n) is 4.56. The van der Waals surface area contributed by atoms with Crippen molar-refractivity contribution in [1.82, 2.24) is 0 Å². The Bertz CT molecular complexity index is 422. The van der Waals surface area contributed by atoms with Crippen molar-refractivity contribution in [2.75, 3.05) is 0 Å². The first-order valence-corrected chi connectivity index (χ1v) is 5.69. The molecular weight excluding hydrogens is 275 g/mol. The summed E-state index contributed by atoms with van der Waals surface area (Å²) in [4.78, 5) is 11.8. The molecule has 88 valence electrons. The molecule has 0 aliphatic heterocycles. The summed E-state index contributed by atoms with van der Waals surface area (Å²) in [5, 5.41) is 0. The molecule has 0 aliphatic carbocycles. The summed E-state index contributed by atoms with van der Waals surface area (Å²) >= 11 is 3.06. The van der Waals surface area contributed by atoms with Gasteiger partial charge in [0.2, 0.25) is 0 Å². The van der Waals surface area contributed by atoms with E-state index in [1.807, 2.05) is 0 Å². The van der Waals surface area contributed by atoms with E-state index >= 15 is 0 Å². The fraction of sp³-hybridized carbons (Fsp3) is 0.417. The molecule has 0 N–H and O–H groups in total. The third-order valence-electron chi connectivity index (χ3n) is 1.91. The summed E-state index contributed by atoms with van der Waals surface area (Å²) in [6, 6.07) is 2.87. The predicted octanol–water partition coefficient (Wildman–Crippen LogP) is 3.85. The number of esters is 1. The Hall–Kier alpha value is -0.900. The molecule has 4 heteroatoms. The summed E-state index contributed by atoms with van der Waals surface area (Å²) in [5.74, 6) is -0.983. The van der Waals surface area contributed by atoms with Crippen molar-refractivity contribution in [3.63, 3.8) is 0 Å². The lowest BCUT2D eigenvalue weighted by molar-refractivity contribution is 0.00671. The highest BCUT2D eigenvalue weighted by Gasteiger charge is 2.22. The third kappa shape index (κ3) is 3.04. The van der Waals surface area contributed by atoms with Crippen LogP contribution in [0.15, 0.2) is 16.6 Å². The maximum atomic E-state index is 13.3. The van der Waals surface area contributed by atoms with Gasteiger partial charge in [0, 0.05) is 0 Å². The molecule has 1 rings (SSSR count).